The van der Waals surface area contributed by atoms with Crippen molar-refractivity contribution >= 4 is 11.8 Å². The van der Waals surface area contributed by atoms with E-state index in [9.17, 15) is 9.59 Å². The number of likely N-dealkylation sites (tertiary alicyclic amines) is 2. The van der Waals surface area contributed by atoms with E-state index in [0.717, 1.165) is 58.2 Å². The SMILES string of the molecule is O=C([C@H]1CCCN1C(=O)C1CC1)N1CC[C@@H](Cc2ccccc2)C1. The highest BCUT2D eigenvalue weighted by atomic mass is 16.2. The Morgan fingerprint density at radius 1 is 0.958 bits per heavy atom. The Balaban J connectivity index is 1.35. The minimum Gasteiger partial charge on any atom is -0.341 e. The molecule has 0 N–H and O–H groups in total. The highest BCUT2D eigenvalue weighted by molar-refractivity contribution is 5.90. The normalized spacial score (nSPS) is 26.8. The number of rotatable bonds is 4. The van der Waals surface area contributed by atoms with Crippen LogP contribution < -0.4 is 0 Å². The first-order chi connectivity index (χ1) is 11.7. The zero-order valence-electron chi connectivity index (χ0n) is 14.2. The highest BCUT2D eigenvalue weighted by Gasteiger charge is 2.42. The molecule has 3 aliphatic rings. The first-order valence-electron chi connectivity index (χ1n) is 9.35. The zero-order valence-corrected chi connectivity index (χ0v) is 14.2. The summed E-state index contributed by atoms with van der Waals surface area (Å²) in [6, 6.07) is 10.3. The van der Waals surface area contributed by atoms with Gasteiger partial charge < -0.3 is 9.80 Å². The molecule has 2 atom stereocenters. The van der Waals surface area contributed by atoms with Gasteiger partial charge in [-0.3, -0.25) is 9.59 Å². The summed E-state index contributed by atoms with van der Waals surface area (Å²) in [5.41, 5.74) is 1.35. The molecule has 1 saturated carbocycles. The van der Waals surface area contributed by atoms with Gasteiger partial charge in [0.1, 0.15) is 6.04 Å². The summed E-state index contributed by atoms with van der Waals surface area (Å²) in [7, 11) is 0. The van der Waals surface area contributed by atoms with Gasteiger partial charge in [0.05, 0.1) is 0 Å². The number of nitrogens with zero attached hydrogens (tertiary/aromatic N) is 2. The molecule has 128 valence electrons. The molecule has 24 heavy (non-hydrogen) atoms. The molecule has 2 heterocycles. The monoisotopic (exact) mass is 326 g/mol. The number of carbonyl (C=O) groups excluding carboxylic acids is 2. The maximum absolute atomic E-state index is 12.9. The lowest BCUT2D eigenvalue weighted by atomic mass is 9.99. The molecular weight excluding hydrogens is 300 g/mol. The molecule has 2 saturated heterocycles. The summed E-state index contributed by atoms with van der Waals surface area (Å²) in [6.45, 7) is 2.46. The van der Waals surface area contributed by atoms with Crippen molar-refractivity contribution in [1.82, 2.24) is 9.80 Å². The second kappa shape index (κ2) is 6.58. The van der Waals surface area contributed by atoms with E-state index < -0.39 is 0 Å². The van der Waals surface area contributed by atoms with Crippen LogP contribution in [0.15, 0.2) is 30.3 Å². The van der Waals surface area contributed by atoms with Gasteiger partial charge in [0.2, 0.25) is 11.8 Å². The molecule has 0 radical (unpaired) electrons. The molecule has 4 rings (SSSR count). The van der Waals surface area contributed by atoms with Crippen molar-refractivity contribution in [3.8, 4) is 0 Å². The summed E-state index contributed by atoms with van der Waals surface area (Å²) >= 11 is 0. The molecule has 3 fully saturated rings. The fraction of sp³-hybridized carbons (Fsp3) is 0.600. The van der Waals surface area contributed by atoms with Crippen LogP contribution >= 0.6 is 0 Å². The van der Waals surface area contributed by atoms with Crippen LogP contribution in [-0.2, 0) is 16.0 Å². The maximum atomic E-state index is 12.9. The fourth-order valence-electron chi connectivity index (χ4n) is 4.21. The summed E-state index contributed by atoms with van der Waals surface area (Å²) in [5.74, 6) is 1.18. The highest BCUT2D eigenvalue weighted by Crippen LogP contribution is 2.34. The van der Waals surface area contributed by atoms with E-state index in [4.69, 9.17) is 0 Å². The molecular formula is C20H26N2O2. The van der Waals surface area contributed by atoms with Crippen molar-refractivity contribution < 1.29 is 9.59 Å². The number of amides is 2. The lowest BCUT2D eigenvalue weighted by molar-refractivity contribution is -0.143. The van der Waals surface area contributed by atoms with Gasteiger partial charge in [-0.1, -0.05) is 30.3 Å². The van der Waals surface area contributed by atoms with E-state index in [-0.39, 0.29) is 23.8 Å². The zero-order chi connectivity index (χ0) is 16.5. The first-order valence-corrected chi connectivity index (χ1v) is 9.35. The van der Waals surface area contributed by atoms with E-state index in [1.54, 1.807) is 0 Å². The Bertz CT molecular complexity index is 611. The molecule has 4 nitrogen and oxygen atoms in total. The van der Waals surface area contributed by atoms with Gasteiger partial charge in [0.15, 0.2) is 0 Å². The second-order valence-corrected chi connectivity index (χ2v) is 7.59. The van der Waals surface area contributed by atoms with Gasteiger partial charge in [-0.05, 0) is 50.0 Å². The van der Waals surface area contributed by atoms with Crippen LogP contribution in [-0.4, -0.2) is 47.3 Å². The number of hydrogen-bond acceptors (Lipinski definition) is 2. The Labute approximate surface area is 143 Å². The second-order valence-electron chi connectivity index (χ2n) is 7.59. The lowest BCUT2D eigenvalue weighted by Gasteiger charge is -2.28. The van der Waals surface area contributed by atoms with E-state index >= 15 is 0 Å². The van der Waals surface area contributed by atoms with Crippen molar-refractivity contribution in [3.05, 3.63) is 35.9 Å². The van der Waals surface area contributed by atoms with Gasteiger partial charge in [0.25, 0.3) is 0 Å². The van der Waals surface area contributed by atoms with E-state index in [0.29, 0.717) is 5.92 Å². The summed E-state index contributed by atoms with van der Waals surface area (Å²) < 4.78 is 0. The first kappa shape index (κ1) is 15.7. The molecule has 0 spiro atoms. The number of hydrogen-bond donors (Lipinski definition) is 0. The minimum atomic E-state index is -0.187. The third kappa shape index (κ3) is 3.19. The molecule has 1 aromatic rings. The Hall–Kier alpha value is -1.84. The van der Waals surface area contributed by atoms with Crippen molar-refractivity contribution in [3.63, 3.8) is 0 Å². The summed E-state index contributed by atoms with van der Waals surface area (Å²) in [5, 5.41) is 0. The largest absolute Gasteiger partial charge is 0.341 e. The summed E-state index contributed by atoms with van der Waals surface area (Å²) in [6.07, 6.45) is 5.95. The predicted octanol–water partition coefficient (Wildman–Crippen LogP) is 2.48. The quantitative estimate of drug-likeness (QED) is 0.853. The maximum Gasteiger partial charge on any atom is 0.245 e. The molecule has 1 aliphatic carbocycles. The van der Waals surface area contributed by atoms with Crippen LogP contribution in [0.25, 0.3) is 0 Å². The summed E-state index contributed by atoms with van der Waals surface area (Å²) in [4.78, 5) is 29.2. The van der Waals surface area contributed by atoms with Crippen LogP contribution in [0.5, 0.6) is 0 Å². The molecule has 4 heteroatoms. The minimum absolute atomic E-state index is 0.187. The van der Waals surface area contributed by atoms with Crippen LogP contribution in [0.3, 0.4) is 0 Å². The Morgan fingerprint density at radius 3 is 2.50 bits per heavy atom. The van der Waals surface area contributed by atoms with Gasteiger partial charge >= 0.3 is 0 Å². The molecule has 0 bridgehead atoms. The number of benzene rings is 1. The van der Waals surface area contributed by atoms with Gasteiger partial charge in [-0.2, -0.15) is 0 Å². The van der Waals surface area contributed by atoms with Crippen molar-refractivity contribution in [2.24, 2.45) is 11.8 Å². The van der Waals surface area contributed by atoms with E-state index in [1.807, 2.05) is 15.9 Å². The van der Waals surface area contributed by atoms with Crippen molar-refractivity contribution in [2.45, 2.75) is 44.6 Å². The van der Waals surface area contributed by atoms with E-state index in [1.165, 1.54) is 5.56 Å². The van der Waals surface area contributed by atoms with Gasteiger partial charge in [0, 0.05) is 25.6 Å². The van der Waals surface area contributed by atoms with Gasteiger partial charge in [-0.15, -0.1) is 0 Å². The third-order valence-corrected chi connectivity index (χ3v) is 5.71. The number of carbonyl (C=O) groups is 2. The lowest BCUT2D eigenvalue weighted by Crippen LogP contribution is -2.47. The molecule has 0 aromatic heterocycles. The molecule has 2 aliphatic heterocycles. The van der Waals surface area contributed by atoms with Crippen LogP contribution in [0, 0.1) is 11.8 Å². The molecule has 1 aromatic carbocycles. The van der Waals surface area contributed by atoms with E-state index in [2.05, 4.69) is 24.3 Å². The van der Waals surface area contributed by atoms with Crippen LogP contribution in [0.1, 0.15) is 37.7 Å². The Morgan fingerprint density at radius 2 is 1.75 bits per heavy atom. The smallest absolute Gasteiger partial charge is 0.245 e. The van der Waals surface area contributed by atoms with Crippen molar-refractivity contribution in [2.75, 3.05) is 19.6 Å². The van der Waals surface area contributed by atoms with Gasteiger partial charge in [-0.25, -0.2) is 0 Å². The van der Waals surface area contributed by atoms with Crippen molar-refractivity contribution in [1.29, 1.82) is 0 Å². The average molecular weight is 326 g/mol. The standard InChI is InChI=1S/C20H26N2O2/c23-19(17-8-9-17)22-11-4-7-18(22)20(24)21-12-10-16(14-21)13-15-5-2-1-3-6-15/h1-3,5-6,16-18H,4,7-14H2/t16-,18+/m0/s1. The van der Waals surface area contributed by atoms with Crippen LogP contribution in [0.4, 0.5) is 0 Å². The third-order valence-electron chi connectivity index (χ3n) is 5.71. The fourth-order valence-corrected chi connectivity index (χ4v) is 4.21. The topological polar surface area (TPSA) is 40.6 Å². The van der Waals surface area contributed by atoms with Crippen LogP contribution in [0.2, 0.25) is 0 Å². The molecule has 2 amide bonds. The molecule has 0 unspecified atom stereocenters. The average Bonchev–Trinajstić information content (AvgIpc) is 3.16. The predicted molar refractivity (Wildman–Crippen MR) is 92.3 cm³/mol. The Kier molecular flexibility index (Phi) is 4.30.